The van der Waals surface area contributed by atoms with Crippen molar-refractivity contribution in [2.24, 2.45) is 17.6 Å². The Balaban J connectivity index is 4.00. The zero-order chi connectivity index (χ0) is 14.3. The summed E-state index contributed by atoms with van der Waals surface area (Å²) in [4.78, 5) is 22.7. The zero-order valence-corrected chi connectivity index (χ0v) is 12.3. The number of primary amides is 1. The van der Waals surface area contributed by atoms with Gasteiger partial charge in [0.2, 0.25) is 5.91 Å². The van der Waals surface area contributed by atoms with Crippen LogP contribution in [0, 0.1) is 11.8 Å². The molecule has 1 unspecified atom stereocenters. The highest BCUT2D eigenvalue weighted by atomic mass is 16.6. The number of rotatable bonds is 7. The highest BCUT2D eigenvalue weighted by molar-refractivity contribution is 5.76. The van der Waals surface area contributed by atoms with Gasteiger partial charge in [-0.3, -0.25) is 9.59 Å². The van der Waals surface area contributed by atoms with Gasteiger partial charge in [0.15, 0.2) is 0 Å². The number of esters is 1. The standard InChI is InChI=1S/C14H27NO3/c1-10(2)9-11(13(15)17)7-6-8-12(16)18-14(3,4)5/h10-11H,6-9H2,1-5H3,(H2,15,17). The van der Waals surface area contributed by atoms with Crippen molar-refractivity contribution in [3.63, 3.8) is 0 Å². The molecule has 106 valence electrons. The summed E-state index contributed by atoms with van der Waals surface area (Å²) < 4.78 is 5.21. The molecule has 0 spiro atoms. The monoisotopic (exact) mass is 257 g/mol. The van der Waals surface area contributed by atoms with Crippen LogP contribution in [-0.2, 0) is 14.3 Å². The molecule has 0 aliphatic heterocycles. The number of carbonyl (C=O) groups is 2. The molecule has 0 rings (SSSR count). The predicted molar refractivity (Wildman–Crippen MR) is 71.8 cm³/mol. The van der Waals surface area contributed by atoms with E-state index in [-0.39, 0.29) is 17.8 Å². The molecule has 0 aromatic rings. The van der Waals surface area contributed by atoms with Gasteiger partial charge in [-0.15, -0.1) is 0 Å². The van der Waals surface area contributed by atoms with E-state index < -0.39 is 5.60 Å². The Bertz CT molecular complexity index is 279. The lowest BCUT2D eigenvalue weighted by atomic mass is 9.92. The fourth-order valence-corrected chi connectivity index (χ4v) is 1.83. The predicted octanol–water partition coefficient (Wildman–Crippen LogP) is 2.65. The number of nitrogens with two attached hydrogens (primary N) is 1. The molecule has 0 aromatic heterocycles. The molecule has 0 saturated heterocycles. The van der Waals surface area contributed by atoms with Gasteiger partial charge in [0.25, 0.3) is 0 Å². The van der Waals surface area contributed by atoms with Crippen LogP contribution in [0.1, 0.15) is 60.3 Å². The molecular weight excluding hydrogens is 230 g/mol. The third-order valence-electron chi connectivity index (χ3n) is 2.51. The van der Waals surface area contributed by atoms with Gasteiger partial charge in [-0.25, -0.2) is 0 Å². The lowest BCUT2D eigenvalue weighted by Crippen LogP contribution is -2.26. The summed E-state index contributed by atoms with van der Waals surface area (Å²) in [6.07, 6.45) is 2.44. The van der Waals surface area contributed by atoms with Crippen LogP contribution in [0.5, 0.6) is 0 Å². The number of carbonyl (C=O) groups excluding carboxylic acids is 2. The van der Waals surface area contributed by atoms with Crippen LogP contribution in [0.2, 0.25) is 0 Å². The van der Waals surface area contributed by atoms with Crippen LogP contribution < -0.4 is 5.73 Å². The summed E-state index contributed by atoms with van der Waals surface area (Å²) in [6.45, 7) is 9.65. The van der Waals surface area contributed by atoms with E-state index in [1.165, 1.54) is 0 Å². The third kappa shape index (κ3) is 9.02. The normalized spacial score (nSPS) is 13.4. The maximum Gasteiger partial charge on any atom is 0.306 e. The average Bonchev–Trinajstić information content (AvgIpc) is 2.12. The Kier molecular flexibility index (Phi) is 6.96. The Morgan fingerprint density at radius 1 is 1.22 bits per heavy atom. The van der Waals surface area contributed by atoms with E-state index in [1.807, 2.05) is 20.8 Å². The SMILES string of the molecule is CC(C)CC(CCCC(=O)OC(C)(C)C)C(N)=O. The summed E-state index contributed by atoms with van der Waals surface area (Å²) in [5.74, 6) is -0.181. The first kappa shape index (κ1) is 16.9. The molecule has 0 fully saturated rings. The van der Waals surface area contributed by atoms with Crippen LogP contribution >= 0.6 is 0 Å². The summed E-state index contributed by atoms with van der Waals surface area (Å²) in [5, 5.41) is 0. The summed E-state index contributed by atoms with van der Waals surface area (Å²) in [5.41, 5.74) is 4.90. The van der Waals surface area contributed by atoms with E-state index in [1.54, 1.807) is 0 Å². The van der Waals surface area contributed by atoms with Crippen molar-refractivity contribution >= 4 is 11.9 Å². The lowest BCUT2D eigenvalue weighted by Gasteiger charge is -2.20. The molecule has 0 aliphatic rings. The largest absolute Gasteiger partial charge is 0.460 e. The van der Waals surface area contributed by atoms with Crippen molar-refractivity contribution in [2.75, 3.05) is 0 Å². The second kappa shape index (κ2) is 7.39. The molecule has 0 aliphatic carbocycles. The maximum absolute atomic E-state index is 11.5. The lowest BCUT2D eigenvalue weighted by molar-refractivity contribution is -0.155. The minimum absolute atomic E-state index is 0.132. The minimum atomic E-state index is -0.446. The van der Waals surface area contributed by atoms with Gasteiger partial charge < -0.3 is 10.5 Å². The van der Waals surface area contributed by atoms with Gasteiger partial charge in [-0.2, -0.15) is 0 Å². The van der Waals surface area contributed by atoms with E-state index in [0.29, 0.717) is 25.2 Å². The molecule has 2 N–H and O–H groups in total. The number of ether oxygens (including phenoxy) is 1. The summed E-state index contributed by atoms with van der Waals surface area (Å²) in [6, 6.07) is 0. The van der Waals surface area contributed by atoms with E-state index in [9.17, 15) is 9.59 Å². The van der Waals surface area contributed by atoms with Crippen LogP contribution in [0.25, 0.3) is 0 Å². The van der Waals surface area contributed by atoms with Crippen LogP contribution in [-0.4, -0.2) is 17.5 Å². The van der Waals surface area contributed by atoms with Gasteiger partial charge in [-0.1, -0.05) is 13.8 Å². The molecule has 0 heterocycles. The van der Waals surface area contributed by atoms with Gasteiger partial charge >= 0.3 is 5.97 Å². The molecular formula is C14H27NO3. The highest BCUT2D eigenvalue weighted by Gasteiger charge is 2.19. The second-order valence-corrected chi connectivity index (χ2v) is 6.21. The first-order chi connectivity index (χ1) is 8.11. The Labute approximate surface area is 110 Å². The van der Waals surface area contributed by atoms with Crippen molar-refractivity contribution in [3.05, 3.63) is 0 Å². The first-order valence-corrected chi connectivity index (χ1v) is 6.63. The number of hydrogen-bond donors (Lipinski definition) is 1. The maximum atomic E-state index is 11.5. The molecule has 18 heavy (non-hydrogen) atoms. The second-order valence-electron chi connectivity index (χ2n) is 6.21. The van der Waals surface area contributed by atoms with Gasteiger partial charge in [0.05, 0.1) is 0 Å². The number of amides is 1. The molecule has 1 atom stereocenters. The fraction of sp³-hybridized carbons (Fsp3) is 0.857. The molecule has 1 amide bonds. The van der Waals surface area contributed by atoms with E-state index in [2.05, 4.69) is 13.8 Å². The summed E-state index contributed by atoms with van der Waals surface area (Å²) in [7, 11) is 0. The average molecular weight is 257 g/mol. The third-order valence-corrected chi connectivity index (χ3v) is 2.51. The molecule has 0 bridgehead atoms. The van der Waals surface area contributed by atoms with Gasteiger partial charge in [-0.05, 0) is 46.0 Å². The van der Waals surface area contributed by atoms with Crippen molar-refractivity contribution in [1.29, 1.82) is 0 Å². The number of hydrogen-bond acceptors (Lipinski definition) is 3. The van der Waals surface area contributed by atoms with Crippen LogP contribution in [0.3, 0.4) is 0 Å². The molecule has 0 radical (unpaired) electrons. The quantitative estimate of drug-likeness (QED) is 0.713. The van der Waals surface area contributed by atoms with Crippen molar-refractivity contribution in [3.8, 4) is 0 Å². The summed E-state index contributed by atoms with van der Waals surface area (Å²) >= 11 is 0. The van der Waals surface area contributed by atoms with Crippen molar-refractivity contribution in [2.45, 2.75) is 65.9 Å². The van der Waals surface area contributed by atoms with Gasteiger partial charge in [0.1, 0.15) is 5.60 Å². The van der Waals surface area contributed by atoms with Gasteiger partial charge in [0, 0.05) is 12.3 Å². The molecule has 4 nitrogen and oxygen atoms in total. The Morgan fingerprint density at radius 3 is 2.17 bits per heavy atom. The van der Waals surface area contributed by atoms with Crippen LogP contribution in [0.15, 0.2) is 0 Å². The van der Waals surface area contributed by atoms with Crippen LogP contribution in [0.4, 0.5) is 0 Å². The zero-order valence-electron chi connectivity index (χ0n) is 12.3. The van der Waals surface area contributed by atoms with Crippen molar-refractivity contribution in [1.82, 2.24) is 0 Å². The minimum Gasteiger partial charge on any atom is -0.460 e. The van der Waals surface area contributed by atoms with E-state index in [4.69, 9.17) is 10.5 Å². The smallest absolute Gasteiger partial charge is 0.306 e. The molecule has 4 heteroatoms. The van der Waals surface area contributed by atoms with E-state index in [0.717, 1.165) is 6.42 Å². The molecule has 0 saturated carbocycles. The molecule has 0 aromatic carbocycles. The fourth-order valence-electron chi connectivity index (χ4n) is 1.83. The van der Waals surface area contributed by atoms with Crippen molar-refractivity contribution < 1.29 is 14.3 Å². The Hall–Kier alpha value is -1.06. The highest BCUT2D eigenvalue weighted by Crippen LogP contribution is 2.18. The van der Waals surface area contributed by atoms with E-state index >= 15 is 0 Å². The first-order valence-electron chi connectivity index (χ1n) is 6.63. The Morgan fingerprint density at radius 2 is 1.78 bits per heavy atom. The topological polar surface area (TPSA) is 69.4 Å².